The Hall–Kier alpha value is -6.14. The van der Waals surface area contributed by atoms with Crippen molar-refractivity contribution in [3.05, 3.63) is 107 Å². The quantitative estimate of drug-likeness (QED) is 0.0561. The zero-order valence-corrected chi connectivity index (χ0v) is 35.3. The molecule has 1 aliphatic rings. The third-order valence-corrected chi connectivity index (χ3v) is 11.5. The normalized spacial score (nSPS) is 17.1. The summed E-state index contributed by atoms with van der Waals surface area (Å²) in [4.78, 5) is 82.4. The van der Waals surface area contributed by atoms with Crippen LogP contribution in [0, 0.1) is 11.8 Å². The lowest BCUT2D eigenvalue weighted by Crippen LogP contribution is -2.48. The van der Waals surface area contributed by atoms with Gasteiger partial charge < -0.3 is 31.9 Å². The van der Waals surface area contributed by atoms with Gasteiger partial charge in [0, 0.05) is 67.7 Å². The van der Waals surface area contributed by atoms with E-state index in [1.54, 1.807) is 24.3 Å². The fourth-order valence-electron chi connectivity index (χ4n) is 8.00. The number of nitrogens with one attached hydrogen (secondary N) is 1. The van der Waals surface area contributed by atoms with E-state index in [-0.39, 0.29) is 66.3 Å². The van der Waals surface area contributed by atoms with E-state index >= 15 is 0 Å². The molecule has 322 valence electrons. The van der Waals surface area contributed by atoms with E-state index in [0.717, 1.165) is 24.0 Å². The van der Waals surface area contributed by atoms with Crippen molar-refractivity contribution in [2.24, 2.45) is 23.3 Å². The number of ketones is 3. The first-order valence-electron chi connectivity index (χ1n) is 21.2. The van der Waals surface area contributed by atoms with Crippen molar-refractivity contribution in [3.8, 4) is 33.8 Å². The number of phenolic OH excluding ortho intramolecular Hbond substituents is 2. The number of nitrogens with two attached hydrogens (primary N) is 2. The Morgan fingerprint density at radius 3 is 2.10 bits per heavy atom. The van der Waals surface area contributed by atoms with E-state index in [2.05, 4.69) is 36.5 Å². The molecule has 7 N–H and O–H groups in total. The first kappa shape index (κ1) is 45.9. The van der Waals surface area contributed by atoms with Gasteiger partial charge in [-0.25, -0.2) is 0 Å². The summed E-state index contributed by atoms with van der Waals surface area (Å²) in [5, 5.41) is 24.5. The maximum absolute atomic E-state index is 14.5. The number of aryl methyl sites for hydroxylation is 1. The summed E-state index contributed by atoms with van der Waals surface area (Å²) in [6, 6.07) is 22.4. The number of carbonyl (C=O) groups excluding carboxylic acids is 6. The van der Waals surface area contributed by atoms with Gasteiger partial charge in [0.1, 0.15) is 29.4 Å². The summed E-state index contributed by atoms with van der Waals surface area (Å²) in [6.07, 6.45) is 3.73. The molecule has 4 bridgehead atoms. The van der Waals surface area contributed by atoms with Crippen molar-refractivity contribution < 1.29 is 39.0 Å². The minimum atomic E-state index is -1.25. The molecule has 61 heavy (non-hydrogen) atoms. The minimum absolute atomic E-state index is 0.00121. The molecule has 4 aromatic carbocycles. The summed E-state index contributed by atoms with van der Waals surface area (Å²) in [6.45, 7) is 4.08. The molecule has 4 atom stereocenters. The smallest absolute Gasteiger partial charge is 0.240 e. The molecular formula is C49H58N4O8. The highest BCUT2D eigenvalue weighted by atomic mass is 16.3. The molecule has 0 spiro atoms. The first-order chi connectivity index (χ1) is 29.2. The van der Waals surface area contributed by atoms with Crippen molar-refractivity contribution in [3.63, 3.8) is 0 Å². The van der Waals surface area contributed by atoms with E-state index in [4.69, 9.17) is 11.5 Å². The van der Waals surface area contributed by atoms with E-state index in [1.165, 1.54) is 48.7 Å². The van der Waals surface area contributed by atoms with Crippen LogP contribution in [0.2, 0.25) is 0 Å². The van der Waals surface area contributed by atoms with Crippen LogP contribution in [-0.4, -0.2) is 69.8 Å². The third-order valence-electron chi connectivity index (χ3n) is 11.5. The fraction of sp³-hybridized carbons (Fsp3) is 0.388. The van der Waals surface area contributed by atoms with Gasteiger partial charge in [-0.1, -0.05) is 87.4 Å². The number of rotatable bonds is 17. The summed E-state index contributed by atoms with van der Waals surface area (Å²) in [7, 11) is 1.47. The molecule has 1 aliphatic heterocycles. The minimum Gasteiger partial charge on any atom is -0.507 e. The van der Waals surface area contributed by atoms with Gasteiger partial charge in [-0.2, -0.15) is 0 Å². The van der Waals surface area contributed by atoms with Gasteiger partial charge in [0.15, 0.2) is 11.6 Å². The Labute approximate surface area is 357 Å². The van der Waals surface area contributed by atoms with Gasteiger partial charge >= 0.3 is 0 Å². The Morgan fingerprint density at radius 2 is 1.46 bits per heavy atom. The van der Waals surface area contributed by atoms with Crippen LogP contribution in [0.5, 0.6) is 11.5 Å². The number of aromatic hydroxyl groups is 2. The average Bonchev–Trinajstić information content (AvgIpc) is 3.24. The van der Waals surface area contributed by atoms with Crippen LogP contribution in [0.3, 0.4) is 0 Å². The second-order valence-electron chi connectivity index (χ2n) is 16.2. The SMILES string of the molecule is CCCc1ccc(-c2ccc(C(=O)CCCC(=O)CC(CCCCN)C(=O)N(C)[C@@H]3C(=O)C[C@@H](C)C(=O)N[C@H](C(N)=O)Cc4ccc(O)c(c4)-c4cc3ccc4O)cc2)cc1. The lowest BCUT2D eigenvalue weighted by Gasteiger charge is -2.32. The number of fused-ring (bicyclic) bond motifs is 5. The van der Waals surface area contributed by atoms with Crippen molar-refractivity contribution in [2.75, 3.05) is 13.6 Å². The molecular weight excluding hydrogens is 773 g/mol. The number of hydrogen-bond donors (Lipinski definition) is 5. The number of carbonyl (C=O) groups is 6. The molecule has 4 aromatic rings. The predicted octanol–water partition coefficient (Wildman–Crippen LogP) is 6.76. The molecule has 0 radical (unpaired) electrons. The highest BCUT2D eigenvalue weighted by Gasteiger charge is 2.36. The Balaban J connectivity index is 1.33. The number of unbranched alkanes of at least 4 members (excludes halogenated alkanes) is 1. The standard InChI is InChI=1S/C49H58N4O8/c1-4-8-31-12-15-33(16-13-31)34-17-19-35(20-18-34)42(55)11-7-10-38(54)28-37(9-5-6-24-50)49(61)53(3)46-36-21-23-44(57)40(29-36)39-26-32(14-22-43(39)56)27-41(47(51)59)52-48(60)30(2)25-45(46)58/h12-23,26,29-30,37,41,46,56-57H,4-11,24-25,27-28,50H2,1-3H3,(H2,51,59)(H,52,60)/t30-,37?,41+,46+/m1/s1. The average molecular weight is 831 g/mol. The number of phenols is 2. The highest BCUT2D eigenvalue weighted by molar-refractivity contribution is 5.98. The number of amides is 3. The summed E-state index contributed by atoms with van der Waals surface area (Å²) in [5.74, 6) is -4.73. The molecule has 3 amide bonds. The summed E-state index contributed by atoms with van der Waals surface area (Å²) < 4.78 is 0. The fourth-order valence-corrected chi connectivity index (χ4v) is 8.00. The number of hydrogen-bond acceptors (Lipinski definition) is 9. The largest absolute Gasteiger partial charge is 0.507 e. The topological polar surface area (TPSA) is 210 Å². The number of primary amides is 1. The molecule has 12 nitrogen and oxygen atoms in total. The van der Waals surface area contributed by atoms with Crippen molar-refractivity contribution >= 4 is 35.1 Å². The molecule has 0 fully saturated rings. The lowest BCUT2D eigenvalue weighted by molar-refractivity contribution is -0.144. The maximum Gasteiger partial charge on any atom is 0.240 e. The Kier molecular flexibility index (Phi) is 16.1. The van der Waals surface area contributed by atoms with Crippen molar-refractivity contribution in [1.29, 1.82) is 0 Å². The lowest BCUT2D eigenvalue weighted by atomic mass is 9.88. The van der Waals surface area contributed by atoms with Gasteiger partial charge in [-0.05, 0) is 84.3 Å². The van der Waals surface area contributed by atoms with Gasteiger partial charge in [-0.3, -0.25) is 28.8 Å². The molecule has 0 aromatic heterocycles. The molecule has 12 heteroatoms. The molecule has 0 aliphatic carbocycles. The molecule has 5 rings (SSSR count). The summed E-state index contributed by atoms with van der Waals surface area (Å²) in [5.41, 5.74) is 16.6. The number of Topliss-reactive ketones (excluding diaryl/α,β-unsaturated/α-hetero) is 3. The van der Waals surface area contributed by atoms with E-state index < -0.39 is 47.4 Å². The molecule has 0 saturated heterocycles. The van der Waals surface area contributed by atoms with Gasteiger partial charge in [0.05, 0.1) is 0 Å². The van der Waals surface area contributed by atoms with Crippen molar-refractivity contribution in [1.82, 2.24) is 10.2 Å². The predicted molar refractivity (Wildman–Crippen MR) is 234 cm³/mol. The molecule has 1 unspecified atom stereocenters. The highest BCUT2D eigenvalue weighted by Crippen LogP contribution is 2.39. The third kappa shape index (κ3) is 12.0. The van der Waals surface area contributed by atoms with Crippen LogP contribution in [-0.2, 0) is 36.8 Å². The van der Waals surface area contributed by atoms with Gasteiger partial charge in [0.2, 0.25) is 17.7 Å². The van der Waals surface area contributed by atoms with Gasteiger partial charge in [-0.15, -0.1) is 0 Å². The number of benzene rings is 4. The second-order valence-corrected chi connectivity index (χ2v) is 16.2. The van der Waals surface area contributed by atoms with E-state index in [0.29, 0.717) is 48.9 Å². The van der Waals surface area contributed by atoms with Crippen LogP contribution in [0.1, 0.15) is 105 Å². The zero-order chi connectivity index (χ0) is 44.2. The van der Waals surface area contributed by atoms with Crippen LogP contribution in [0.15, 0.2) is 84.9 Å². The maximum atomic E-state index is 14.5. The molecule has 0 saturated carbocycles. The zero-order valence-electron chi connectivity index (χ0n) is 35.3. The Bertz CT molecular complexity index is 2220. The second kappa shape index (κ2) is 21.4. The van der Waals surface area contributed by atoms with E-state index in [9.17, 15) is 39.0 Å². The van der Waals surface area contributed by atoms with Crippen LogP contribution in [0.25, 0.3) is 22.3 Å². The van der Waals surface area contributed by atoms with Gasteiger partial charge in [0.25, 0.3) is 0 Å². The van der Waals surface area contributed by atoms with Crippen LogP contribution < -0.4 is 16.8 Å². The van der Waals surface area contributed by atoms with E-state index in [1.807, 2.05) is 12.1 Å². The molecule has 1 heterocycles. The van der Waals surface area contributed by atoms with Crippen LogP contribution in [0.4, 0.5) is 0 Å². The monoisotopic (exact) mass is 830 g/mol. The van der Waals surface area contributed by atoms with Crippen molar-refractivity contribution in [2.45, 2.75) is 96.6 Å². The van der Waals surface area contributed by atoms with Crippen LogP contribution >= 0.6 is 0 Å². The number of nitrogens with zero attached hydrogens (tertiary/aromatic N) is 1. The number of likely N-dealkylation sites (N-methyl/N-ethyl adjacent to an activating group) is 1. The Morgan fingerprint density at radius 1 is 0.820 bits per heavy atom. The summed E-state index contributed by atoms with van der Waals surface area (Å²) >= 11 is 0. The first-order valence-corrected chi connectivity index (χ1v) is 21.2.